The summed E-state index contributed by atoms with van der Waals surface area (Å²) in [6.07, 6.45) is 3.18. The Bertz CT molecular complexity index is 409. The summed E-state index contributed by atoms with van der Waals surface area (Å²) < 4.78 is 0. The first-order valence-electron chi connectivity index (χ1n) is 5.85. The maximum absolute atomic E-state index is 11.5. The molecule has 0 fully saturated rings. The molecule has 1 aliphatic heterocycles. The second-order valence-corrected chi connectivity index (χ2v) is 4.64. The largest absolute Gasteiger partial charge is 0.312 e. The molecule has 0 unspecified atom stereocenters. The van der Waals surface area contributed by atoms with Gasteiger partial charge in [0.2, 0.25) is 5.91 Å². The fourth-order valence-corrected chi connectivity index (χ4v) is 2.14. The Morgan fingerprint density at radius 3 is 2.75 bits per heavy atom. The van der Waals surface area contributed by atoms with E-state index in [0.29, 0.717) is 5.92 Å². The quantitative estimate of drug-likeness (QED) is 0.706. The molecule has 2 nitrogen and oxygen atoms in total. The van der Waals surface area contributed by atoms with Gasteiger partial charge in [0, 0.05) is 19.2 Å². The van der Waals surface area contributed by atoms with Gasteiger partial charge in [-0.25, -0.2) is 0 Å². The van der Waals surface area contributed by atoms with Gasteiger partial charge in [-0.3, -0.25) is 4.79 Å². The predicted molar refractivity (Wildman–Crippen MR) is 66.6 cm³/mol. The van der Waals surface area contributed by atoms with Crippen LogP contribution < -0.4 is 4.90 Å². The standard InChI is InChI=1S/C14H18NO/c1-10(2)12-6-7-14-13(9-12)5-4-8-15(14)11(3)16/h5-7,9-10H,4,8H2,1-3H3. The number of carbonyl (C=O) groups is 1. The van der Waals surface area contributed by atoms with E-state index >= 15 is 0 Å². The van der Waals surface area contributed by atoms with Crippen LogP contribution in [0.15, 0.2) is 18.2 Å². The smallest absolute Gasteiger partial charge is 0.223 e. The zero-order chi connectivity index (χ0) is 11.7. The van der Waals surface area contributed by atoms with Gasteiger partial charge in [0.1, 0.15) is 0 Å². The second kappa shape index (κ2) is 4.28. The van der Waals surface area contributed by atoms with E-state index in [-0.39, 0.29) is 5.91 Å². The zero-order valence-electron chi connectivity index (χ0n) is 10.2. The molecule has 85 valence electrons. The average molecular weight is 216 g/mol. The van der Waals surface area contributed by atoms with Crippen molar-refractivity contribution in [2.24, 2.45) is 0 Å². The maximum Gasteiger partial charge on any atom is 0.223 e. The predicted octanol–water partition coefficient (Wildman–Crippen LogP) is 3.12. The van der Waals surface area contributed by atoms with Crippen molar-refractivity contribution in [2.45, 2.75) is 33.1 Å². The summed E-state index contributed by atoms with van der Waals surface area (Å²) in [4.78, 5) is 13.4. The molecule has 2 heteroatoms. The molecule has 2 rings (SSSR count). The van der Waals surface area contributed by atoms with Crippen molar-refractivity contribution in [2.75, 3.05) is 11.4 Å². The number of fused-ring (bicyclic) bond motifs is 1. The molecule has 1 aliphatic rings. The van der Waals surface area contributed by atoms with Crippen molar-refractivity contribution in [3.05, 3.63) is 35.7 Å². The van der Waals surface area contributed by atoms with E-state index in [4.69, 9.17) is 0 Å². The van der Waals surface area contributed by atoms with Gasteiger partial charge in [-0.1, -0.05) is 26.0 Å². The molecular weight excluding hydrogens is 198 g/mol. The molecule has 1 radical (unpaired) electrons. The molecule has 0 atom stereocenters. The Labute approximate surface area is 97.3 Å². The number of hydrogen-bond acceptors (Lipinski definition) is 1. The third kappa shape index (κ3) is 1.97. The maximum atomic E-state index is 11.5. The fraction of sp³-hybridized carbons (Fsp3) is 0.429. The van der Waals surface area contributed by atoms with E-state index in [1.807, 2.05) is 4.90 Å². The third-order valence-electron chi connectivity index (χ3n) is 3.11. The SMILES string of the molecule is CC(=O)N1CC[CH]c2cc(C(C)C)ccc21. The molecule has 0 bridgehead atoms. The van der Waals surface area contributed by atoms with Crippen LogP contribution in [0.4, 0.5) is 5.69 Å². The van der Waals surface area contributed by atoms with Crippen LogP contribution in [0.1, 0.15) is 44.2 Å². The van der Waals surface area contributed by atoms with Gasteiger partial charge in [-0.05, 0) is 36.0 Å². The molecule has 1 amide bonds. The molecule has 16 heavy (non-hydrogen) atoms. The molecule has 0 saturated heterocycles. The highest BCUT2D eigenvalue weighted by molar-refractivity contribution is 5.93. The lowest BCUT2D eigenvalue weighted by Gasteiger charge is -2.29. The zero-order valence-corrected chi connectivity index (χ0v) is 10.2. The van der Waals surface area contributed by atoms with Gasteiger partial charge < -0.3 is 4.90 Å². The minimum absolute atomic E-state index is 0.131. The van der Waals surface area contributed by atoms with Crippen molar-refractivity contribution in [3.63, 3.8) is 0 Å². The number of amides is 1. The van der Waals surface area contributed by atoms with Crippen LogP contribution >= 0.6 is 0 Å². The highest BCUT2D eigenvalue weighted by Gasteiger charge is 2.20. The normalized spacial score (nSPS) is 15.1. The lowest BCUT2D eigenvalue weighted by molar-refractivity contribution is -0.116. The van der Waals surface area contributed by atoms with Gasteiger partial charge in [0.15, 0.2) is 0 Å². The molecule has 0 aliphatic carbocycles. The first-order chi connectivity index (χ1) is 7.59. The number of rotatable bonds is 1. The van der Waals surface area contributed by atoms with Crippen LogP contribution in [-0.4, -0.2) is 12.5 Å². The molecule has 0 aromatic heterocycles. The Morgan fingerprint density at radius 1 is 1.38 bits per heavy atom. The van der Waals surface area contributed by atoms with Crippen molar-refractivity contribution in [3.8, 4) is 0 Å². The van der Waals surface area contributed by atoms with Crippen LogP contribution in [0.2, 0.25) is 0 Å². The first kappa shape index (κ1) is 11.2. The molecule has 1 aromatic carbocycles. The molecule has 0 N–H and O–H groups in total. The summed E-state index contributed by atoms with van der Waals surface area (Å²) in [5, 5.41) is 0. The van der Waals surface area contributed by atoms with Crippen LogP contribution in [0, 0.1) is 6.42 Å². The fourth-order valence-electron chi connectivity index (χ4n) is 2.14. The van der Waals surface area contributed by atoms with Crippen LogP contribution in [-0.2, 0) is 4.79 Å². The molecule has 0 spiro atoms. The van der Waals surface area contributed by atoms with E-state index in [2.05, 4.69) is 38.5 Å². The summed E-state index contributed by atoms with van der Waals surface area (Å²) in [6, 6.07) is 6.40. The summed E-state index contributed by atoms with van der Waals surface area (Å²) in [5.74, 6) is 0.665. The Kier molecular flexibility index (Phi) is 2.99. The summed E-state index contributed by atoms with van der Waals surface area (Å²) in [6.45, 7) is 6.81. The second-order valence-electron chi connectivity index (χ2n) is 4.64. The minimum Gasteiger partial charge on any atom is -0.312 e. The number of anilines is 1. The Balaban J connectivity index is 2.40. The number of hydrogen-bond donors (Lipinski definition) is 0. The highest BCUT2D eigenvalue weighted by Crippen LogP contribution is 2.31. The number of nitrogens with zero attached hydrogens (tertiary/aromatic N) is 1. The Morgan fingerprint density at radius 2 is 2.12 bits per heavy atom. The number of benzene rings is 1. The van der Waals surface area contributed by atoms with E-state index in [1.165, 1.54) is 11.1 Å². The van der Waals surface area contributed by atoms with Gasteiger partial charge in [-0.15, -0.1) is 0 Å². The topological polar surface area (TPSA) is 20.3 Å². The molecular formula is C14H18NO. The summed E-state index contributed by atoms with van der Waals surface area (Å²) >= 11 is 0. The molecule has 1 aromatic rings. The van der Waals surface area contributed by atoms with Crippen LogP contribution in [0.5, 0.6) is 0 Å². The van der Waals surface area contributed by atoms with Crippen LogP contribution in [0.25, 0.3) is 0 Å². The molecule has 1 heterocycles. The summed E-state index contributed by atoms with van der Waals surface area (Å²) in [7, 11) is 0. The minimum atomic E-state index is 0.131. The van der Waals surface area contributed by atoms with Gasteiger partial charge in [0.05, 0.1) is 0 Å². The van der Waals surface area contributed by atoms with Gasteiger partial charge in [0.25, 0.3) is 0 Å². The number of carbonyl (C=O) groups excluding carboxylic acids is 1. The third-order valence-corrected chi connectivity index (χ3v) is 3.11. The van der Waals surface area contributed by atoms with Crippen molar-refractivity contribution >= 4 is 11.6 Å². The monoisotopic (exact) mass is 216 g/mol. The van der Waals surface area contributed by atoms with Crippen molar-refractivity contribution < 1.29 is 4.79 Å². The van der Waals surface area contributed by atoms with Crippen molar-refractivity contribution in [1.82, 2.24) is 0 Å². The van der Waals surface area contributed by atoms with Gasteiger partial charge in [-0.2, -0.15) is 0 Å². The lowest BCUT2D eigenvalue weighted by atomic mass is 9.95. The van der Waals surface area contributed by atoms with Crippen molar-refractivity contribution in [1.29, 1.82) is 0 Å². The van der Waals surface area contributed by atoms with E-state index in [0.717, 1.165) is 18.7 Å². The first-order valence-corrected chi connectivity index (χ1v) is 5.85. The summed E-state index contributed by atoms with van der Waals surface area (Å²) in [5.41, 5.74) is 3.59. The Hall–Kier alpha value is -1.31. The van der Waals surface area contributed by atoms with Gasteiger partial charge >= 0.3 is 0 Å². The molecule has 0 saturated carbocycles. The lowest BCUT2D eigenvalue weighted by Crippen LogP contribution is -2.33. The van der Waals surface area contributed by atoms with Crippen LogP contribution in [0.3, 0.4) is 0 Å². The van der Waals surface area contributed by atoms with E-state index in [9.17, 15) is 4.79 Å². The van der Waals surface area contributed by atoms with E-state index in [1.54, 1.807) is 6.92 Å². The van der Waals surface area contributed by atoms with E-state index < -0.39 is 0 Å². The average Bonchev–Trinajstić information content (AvgIpc) is 2.27. The highest BCUT2D eigenvalue weighted by atomic mass is 16.2.